The first-order valence-corrected chi connectivity index (χ1v) is 12.0. The second kappa shape index (κ2) is 8.52. The van der Waals surface area contributed by atoms with Gasteiger partial charge in [-0.05, 0) is 29.3 Å². The summed E-state index contributed by atoms with van der Waals surface area (Å²) in [5.41, 5.74) is 11.2. The molecule has 0 radical (unpaired) electrons. The highest BCUT2D eigenvalue weighted by Crippen LogP contribution is 2.44. The van der Waals surface area contributed by atoms with Gasteiger partial charge in [0.15, 0.2) is 5.82 Å². The number of hydrogen-bond donors (Lipinski definition) is 1. The highest BCUT2D eigenvalue weighted by Gasteiger charge is 2.28. The number of hydrogen-bond acceptors (Lipinski definition) is 8. The van der Waals surface area contributed by atoms with Gasteiger partial charge in [-0.1, -0.05) is 36.4 Å². The number of nitrogens with zero attached hydrogens (tertiary/aromatic N) is 6. The lowest BCUT2D eigenvalue weighted by molar-refractivity contribution is 0.416. The Morgan fingerprint density at radius 1 is 1.06 bits per heavy atom. The molecule has 1 unspecified atom stereocenters. The van der Waals surface area contributed by atoms with E-state index in [9.17, 15) is 0 Å². The molecule has 174 valence electrons. The molecular formula is C26H23N7OS. The van der Waals surface area contributed by atoms with E-state index in [-0.39, 0.29) is 12.0 Å². The number of fused-ring (bicyclic) bond motifs is 1. The molecule has 0 spiro atoms. The number of rotatable bonds is 5. The van der Waals surface area contributed by atoms with Crippen LogP contribution in [-0.4, -0.2) is 33.1 Å². The van der Waals surface area contributed by atoms with Crippen molar-refractivity contribution < 1.29 is 4.74 Å². The lowest BCUT2D eigenvalue weighted by Crippen LogP contribution is -2.20. The number of nitrogens with two attached hydrogens (primary N) is 1. The highest BCUT2D eigenvalue weighted by molar-refractivity contribution is 7.22. The predicted octanol–water partition coefficient (Wildman–Crippen LogP) is 5.29. The molecule has 4 heterocycles. The zero-order valence-corrected chi connectivity index (χ0v) is 20.1. The number of anilines is 2. The second-order valence-corrected chi connectivity index (χ2v) is 9.41. The van der Waals surface area contributed by atoms with Gasteiger partial charge >= 0.3 is 0 Å². The van der Waals surface area contributed by atoms with Crippen LogP contribution in [-0.2, 0) is 7.05 Å². The summed E-state index contributed by atoms with van der Waals surface area (Å²) < 4.78 is 8.50. The molecule has 0 amide bonds. The van der Waals surface area contributed by atoms with Crippen LogP contribution in [0.2, 0.25) is 0 Å². The molecular weight excluding hydrogens is 458 g/mol. The monoisotopic (exact) mass is 481 g/mol. The Hall–Kier alpha value is -4.24. The first-order chi connectivity index (χ1) is 17.1. The van der Waals surface area contributed by atoms with Crippen molar-refractivity contribution >= 4 is 39.5 Å². The zero-order valence-electron chi connectivity index (χ0n) is 19.3. The number of aryl methyl sites for hydroxylation is 1. The molecule has 1 aliphatic heterocycles. The smallest absolute Gasteiger partial charge is 0.222 e. The van der Waals surface area contributed by atoms with Crippen molar-refractivity contribution in [3.8, 4) is 27.3 Å². The molecule has 0 fully saturated rings. The minimum Gasteiger partial charge on any atom is -0.496 e. The molecule has 0 saturated carbocycles. The third kappa shape index (κ3) is 3.79. The Bertz CT molecular complexity index is 1560. The molecule has 8 nitrogen and oxygen atoms in total. The fraction of sp³-hybridized carbons (Fsp3) is 0.154. The van der Waals surface area contributed by atoms with Crippen LogP contribution in [0.3, 0.4) is 0 Å². The average molecular weight is 482 g/mol. The van der Waals surface area contributed by atoms with Crippen LogP contribution in [0.5, 0.6) is 5.75 Å². The predicted molar refractivity (Wildman–Crippen MR) is 141 cm³/mol. The van der Waals surface area contributed by atoms with Gasteiger partial charge in [0.05, 0.1) is 29.6 Å². The number of thiophene rings is 1. The summed E-state index contributed by atoms with van der Waals surface area (Å²) in [6, 6.07) is 18.6. The van der Waals surface area contributed by atoms with E-state index in [0.717, 1.165) is 49.8 Å². The van der Waals surface area contributed by atoms with Gasteiger partial charge in [-0.2, -0.15) is 15.2 Å². The Morgan fingerprint density at radius 2 is 1.91 bits per heavy atom. The largest absolute Gasteiger partial charge is 0.496 e. The third-order valence-corrected chi connectivity index (χ3v) is 7.26. The number of methoxy groups -OCH3 is 1. The molecule has 1 aliphatic rings. The molecule has 5 aromatic rings. The normalized spacial score (nSPS) is 15.3. The first kappa shape index (κ1) is 21.3. The number of hydrazone groups is 1. The van der Waals surface area contributed by atoms with Crippen LogP contribution in [0.1, 0.15) is 18.0 Å². The molecule has 6 rings (SSSR count). The molecule has 2 N–H and O–H groups in total. The summed E-state index contributed by atoms with van der Waals surface area (Å²) in [7, 11) is 3.59. The Labute approximate surface area is 206 Å². The maximum absolute atomic E-state index is 6.14. The minimum absolute atomic E-state index is 0.0625. The Balaban J connectivity index is 1.44. The van der Waals surface area contributed by atoms with E-state index in [0.29, 0.717) is 0 Å². The van der Waals surface area contributed by atoms with Crippen molar-refractivity contribution in [2.24, 2.45) is 12.1 Å². The zero-order chi connectivity index (χ0) is 23.9. The first-order valence-electron chi connectivity index (χ1n) is 11.2. The van der Waals surface area contributed by atoms with Crippen molar-refractivity contribution in [3.63, 3.8) is 0 Å². The van der Waals surface area contributed by atoms with Crippen LogP contribution in [0, 0.1) is 0 Å². The average Bonchev–Trinajstić information content (AvgIpc) is 3.63. The van der Waals surface area contributed by atoms with Crippen molar-refractivity contribution in [1.82, 2.24) is 19.7 Å². The summed E-state index contributed by atoms with van der Waals surface area (Å²) in [5.74, 6) is 1.73. The molecule has 9 heteroatoms. The number of benzene rings is 2. The summed E-state index contributed by atoms with van der Waals surface area (Å²) in [5, 5.41) is 10.9. The van der Waals surface area contributed by atoms with Gasteiger partial charge in [0.25, 0.3) is 0 Å². The summed E-state index contributed by atoms with van der Waals surface area (Å²) in [6.07, 6.45) is 6.56. The van der Waals surface area contributed by atoms with Gasteiger partial charge in [0.2, 0.25) is 5.95 Å². The highest BCUT2D eigenvalue weighted by atomic mass is 32.1. The van der Waals surface area contributed by atoms with Crippen LogP contribution in [0.4, 0.5) is 11.8 Å². The third-order valence-electron chi connectivity index (χ3n) is 6.11. The topological polar surface area (TPSA) is 94.4 Å². The lowest BCUT2D eigenvalue weighted by atomic mass is 10.0. The van der Waals surface area contributed by atoms with Crippen LogP contribution in [0.15, 0.2) is 72.1 Å². The van der Waals surface area contributed by atoms with E-state index in [1.807, 2.05) is 61.0 Å². The number of aromatic nitrogens is 4. The van der Waals surface area contributed by atoms with Gasteiger partial charge < -0.3 is 10.5 Å². The van der Waals surface area contributed by atoms with Crippen LogP contribution in [0.25, 0.3) is 31.8 Å². The van der Waals surface area contributed by atoms with Crippen molar-refractivity contribution in [3.05, 3.63) is 72.6 Å². The van der Waals surface area contributed by atoms with E-state index in [1.54, 1.807) is 23.1 Å². The molecule has 0 aliphatic carbocycles. The quantitative estimate of drug-likeness (QED) is 0.367. The van der Waals surface area contributed by atoms with Gasteiger partial charge in [0, 0.05) is 41.9 Å². The van der Waals surface area contributed by atoms with Gasteiger partial charge in [-0.25, -0.2) is 9.99 Å². The fourth-order valence-electron chi connectivity index (χ4n) is 4.44. The number of nitrogen functional groups attached to an aromatic ring is 1. The van der Waals surface area contributed by atoms with Crippen molar-refractivity contribution in [1.29, 1.82) is 0 Å². The summed E-state index contributed by atoms with van der Waals surface area (Å²) >= 11 is 1.61. The molecule has 0 bridgehead atoms. The Morgan fingerprint density at radius 3 is 2.69 bits per heavy atom. The van der Waals surface area contributed by atoms with E-state index in [1.165, 1.54) is 5.56 Å². The lowest BCUT2D eigenvalue weighted by Gasteiger charge is -2.23. The minimum atomic E-state index is 0.0625. The van der Waals surface area contributed by atoms with Gasteiger partial charge in [-0.15, -0.1) is 11.3 Å². The fourth-order valence-corrected chi connectivity index (χ4v) is 5.54. The van der Waals surface area contributed by atoms with Gasteiger partial charge in [0.1, 0.15) is 5.75 Å². The van der Waals surface area contributed by atoms with Crippen LogP contribution >= 0.6 is 11.3 Å². The SMILES string of the molecule is COc1cc(-c2cnn(C)c2)ccc1-c1cc2nc(N)nc(N3N=CCC3c3ccccc3)c2s1. The second-order valence-electron chi connectivity index (χ2n) is 8.35. The molecule has 1 atom stereocenters. The van der Waals surface area contributed by atoms with Crippen LogP contribution < -0.4 is 15.5 Å². The summed E-state index contributed by atoms with van der Waals surface area (Å²) in [6.45, 7) is 0. The number of ether oxygens (including phenoxy) is 1. The van der Waals surface area contributed by atoms with E-state index < -0.39 is 0 Å². The van der Waals surface area contributed by atoms with E-state index in [4.69, 9.17) is 10.5 Å². The summed E-state index contributed by atoms with van der Waals surface area (Å²) in [4.78, 5) is 10.2. The maximum Gasteiger partial charge on any atom is 0.222 e. The molecule has 2 aromatic carbocycles. The molecule has 35 heavy (non-hydrogen) atoms. The standard InChI is InChI=1S/C26H23N7OS/c1-32-15-18(14-29-32)17-8-9-19(22(12-17)34-2)23-13-20-24(35-23)25(31-26(27)30-20)33-21(10-11-28-33)16-6-4-3-5-7-16/h3-9,11-15,21H,10H2,1-2H3,(H2,27,30,31). The van der Waals surface area contributed by atoms with E-state index >= 15 is 0 Å². The van der Waals surface area contributed by atoms with Crippen molar-refractivity contribution in [2.45, 2.75) is 12.5 Å². The molecule has 0 saturated heterocycles. The Kier molecular flexibility index (Phi) is 5.18. The maximum atomic E-state index is 6.14. The molecule has 3 aromatic heterocycles. The van der Waals surface area contributed by atoms with E-state index in [2.05, 4.69) is 44.4 Å². The van der Waals surface area contributed by atoms with Gasteiger partial charge in [-0.3, -0.25) is 4.68 Å². The van der Waals surface area contributed by atoms with Crippen molar-refractivity contribution in [2.75, 3.05) is 17.9 Å².